The Morgan fingerprint density at radius 2 is 1.61 bits per heavy atom. The first-order valence-corrected chi connectivity index (χ1v) is 10.4. The van der Waals surface area contributed by atoms with Crippen LogP contribution in [0.15, 0.2) is 18.3 Å². The quantitative estimate of drug-likeness (QED) is 0.676. The molecule has 1 aromatic heterocycles. The smallest absolute Gasteiger partial charge is 0.410 e. The van der Waals surface area contributed by atoms with E-state index in [2.05, 4.69) is 4.98 Å². The summed E-state index contributed by atoms with van der Waals surface area (Å²) < 4.78 is 5.36. The highest BCUT2D eigenvalue weighted by molar-refractivity contribution is 6.29. The summed E-state index contributed by atoms with van der Waals surface area (Å²) in [5.41, 5.74) is 0.438. The number of halogens is 1. The predicted molar refractivity (Wildman–Crippen MR) is 112 cm³/mol. The van der Waals surface area contributed by atoms with Crippen molar-refractivity contribution < 1.29 is 14.3 Å². The van der Waals surface area contributed by atoms with Gasteiger partial charge in [-0.15, -0.1) is 0 Å². The number of hydrogen-bond acceptors (Lipinski definition) is 4. The van der Waals surface area contributed by atoms with Crippen molar-refractivity contribution in [3.8, 4) is 0 Å². The molecule has 2 fully saturated rings. The molecule has 2 saturated heterocycles. The topological polar surface area (TPSA) is 62.7 Å². The molecule has 1 aromatic rings. The predicted octanol–water partition coefficient (Wildman–Crippen LogP) is 4.41. The number of ether oxygens (including phenoxy) is 1. The lowest BCUT2D eigenvalue weighted by molar-refractivity contribution is -0.156. The maximum absolute atomic E-state index is 12.3. The van der Waals surface area contributed by atoms with Crippen LogP contribution in [0.5, 0.6) is 0 Å². The molecule has 0 saturated carbocycles. The maximum atomic E-state index is 12.3. The number of rotatable bonds is 2. The summed E-state index contributed by atoms with van der Waals surface area (Å²) in [6.45, 7) is 16.3. The summed E-state index contributed by atoms with van der Waals surface area (Å²) in [5, 5.41) is 0.422. The van der Waals surface area contributed by atoms with Crippen LogP contribution < -0.4 is 0 Å². The average molecular weight is 412 g/mol. The molecule has 2 amide bonds. The molecule has 1 spiro atoms. The van der Waals surface area contributed by atoms with Crippen LogP contribution in [0.25, 0.3) is 0 Å². The number of aromatic nitrogens is 1. The SMILES string of the molecule is CC.CC.CC(C)(C)OC(=O)N1CC2(CN(C(=O)Cc3ccc(Cl)nc3)C2)C1. The normalized spacial score (nSPS) is 16.6. The Hall–Kier alpha value is -1.82. The van der Waals surface area contributed by atoms with Crippen LogP contribution in [-0.2, 0) is 16.0 Å². The summed E-state index contributed by atoms with van der Waals surface area (Å²) >= 11 is 5.74. The van der Waals surface area contributed by atoms with Gasteiger partial charge in [0.05, 0.1) is 6.42 Å². The van der Waals surface area contributed by atoms with Crippen molar-refractivity contribution >= 4 is 23.6 Å². The second-order valence-electron chi connectivity index (χ2n) is 7.75. The zero-order chi connectivity index (χ0) is 21.5. The third-order valence-corrected chi connectivity index (χ3v) is 4.48. The Morgan fingerprint density at radius 1 is 1.07 bits per heavy atom. The van der Waals surface area contributed by atoms with Crippen LogP contribution in [0.3, 0.4) is 0 Å². The summed E-state index contributed by atoms with van der Waals surface area (Å²) in [6.07, 6.45) is 1.68. The van der Waals surface area contributed by atoms with Crippen LogP contribution in [0, 0.1) is 5.41 Å². The molecule has 0 aromatic carbocycles. The molecule has 0 radical (unpaired) electrons. The van der Waals surface area contributed by atoms with E-state index >= 15 is 0 Å². The fourth-order valence-corrected chi connectivity index (χ4v) is 3.27. The van der Waals surface area contributed by atoms with Gasteiger partial charge in [-0.3, -0.25) is 4.79 Å². The average Bonchev–Trinajstić information content (AvgIpc) is 2.56. The molecule has 158 valence electrons. The fraction of sp³-hybridized carbons (Fsp3) is 0.667. The van der Waals surface area contributed by atoms with Crippen molar-refractivity contribution in [1.82, 2.24) is 14.8 Å². The Morgan fingerprint density at radius 3 is 2.07 bits per heavy atom. The van der Waals surface area contributed by atoms with Gasteiger partial charge < -0.3 is 14.5 Å². The van der Waals surface area contributed by atoms with Crippen molar-refractivity contribution in [3.63, 3.8) is 0 Å². The van der Waals surface area contributed by atoms with E-state index < -0.39 is 5.60 Å². The van der Waals surface area contributed by atoms with E-state index in [0.29, 0.717) is 37.8 Å². The first kappa shape index (κ1) is 24.2. The molecule has 0 bridgehead atoms. The lowest BCUT2D eigenvalue weighted by atomic mass is 9.73. The molecule has 2 aliphatic heterocycles. The van der Waals surface area contributed by atoms with E-state index in [1.807, 2.05) is 59.4 Å². The highest BCUT2D eigenvalue weighted by Crippen LogP contribution is 2.40. The van der Waals surface area contributed by atoms with Gasteiger partial charge in [-0.05, 0) is 32.4 Å². The van der Waals surface area contributed by atoms with Crippen LogP contribution in [0.4, 0.5) is 4.79 Å². The molecule has 6 nitrogen and oxygen atoms in total. The standard InChI is InChI=1S/C17H22ClN3O3.2C2H6/c1-16(2,3)24-15(23)21-10-17(11-21)8-20(9-17)14(22)6-12-4-5-13(18)19-7-12;2*1-2/h4-5,7H,6,8-11H2,1-3H3;2*1-2H3. The Bertz CT molecular complexity index is 642. The largest absolute Gasteiger partial charge is 0.444 e. The fourth-order valence-electron chi connectivity index (χ4n) is 3.16. The van der Waals surface area contributed by atoms with Crippen LogP contribution in [-0.4, -0.2) is 58.6 Å². The van der Waals surface area contributed by atoms with E-state index in [4.69, 9.17) is 16.3 Å². The lowest BCUT2D eigenvalue weighted by Crippen LogP contribution is -2.74. The van der Waals surface area contributed by atoms with Gasteiger partial charge >= 0.3 is 6.09 Å². The minimum Gasteiger partial charge on any atom is -0.444 e. The van der Waals surface area contributed by atoms with Gasteiger partial charge in [0, 0.05) is 37.8 Å². The Kier molecular flexibility index (Phi) is 8.74. The molecule has 0 N–H and O–H groups in total. The molecule has 0 aliphatic carbocycles. The number of carbonyl (C=O) groups excluding carboxylic acids is 2. The highest BCUT2D eigenvalue weighted by Gasteiger charge is 2.55. The van der Waals surface area contributed by atoms with Crippen LogP contribution >= 0.6 is 11.6 Å². The van der Waals surface area contributed by atoms with Crippen LogP contribution in [0.1, 0.15) is 54.0 Å². The minimum absolute atomic E-state index is 0.0603. The number of amides is 2. The summed E-state index contributed by atoms with van der Waals surface area (Å²) in [5.74, 6) is 0.0838. The van der Waals surface area contributed by atoms with Gasteiger partial charge in [-0.1, -0.05) is 45.4 Å². The number of nitrogens with zero attached hydrogens (tertiary/aromatic N) is 3. The van der Waals surface area contributed by atoms with E-state index in [-0.39, 0.29) is 17.4 Å². The van der Waals surface area contributed by atoms with Crippen molar-refractivity contribution in [1.29, 1.82) is 0 Å². The third kappa shape index (κ3) is 6.36. The van der Waals surface area contributed by atoms with Gasteiger partial charge in [-0.25, -0.2) is 9.78 Å². The molecular weight excluding hydrogens is 378 g/mol. The molecule has 2 aliphatic rings. The Labute approximate surface area is 174 Å². The molecular formula is C21H34ClN3O3. The second kappa shape index (κ2) is 10.1. The second-order valence-corrected chi connectivity index (χ2v) is 8.14. The number of pyridine rings is 1. The maximum Gasteiger partial charge on any atom is 0.410 e. The monoisotopic (exact) mass is 411 g/mol. The van der Waals surface area contributed by atoms with E-state index in [9.17, 15) is 9.59 Å². The molecule has 3 rings (SSSR count). The Balaban J connectivity index is 0.000000921. The van der Waals surface area contributed by atoms with E-state index in [1.54, 1.807) is 17.2 Å². The summed E-state index contributed by atoms with van der Waals surface area (Å²) in [7, 11) is 0. The van der Waals surface area contributed by atoms with Crippen molar-refractivity contribution in [2.75, 3.05) is 26.2 Å². The summed E-state index contributed by atoms with van der Waals surface area (Å²) in [6, 6.07) is 3.50. The number of likely N-dealkylation sites (tertiary alicyclic amines) is 2. The number of carbonyl (C=O) groups is 2. The zero-order valence-electron chi connectivity index (χ0n) is 18.2. The van der Waals surface area contributed by atoms with Gasteiger partial charge in [0.25, 0.3) is 0 Å². The van der Waals surface area contributed by atoms with Crippen molar-refractivity contribution in [3.05, 3.63) is 29.0 Å². The van der Waals surface area contributed by atoms with E-state index in [0.717, 1.165) is 5.56 Å². The van der Waals surface area contributed by atoms with Gasteiger partial charge in [-0.2, -0.15) is 0 Å². The third-order valence-electron chi connectivity index (χ3n) is 4.25. The number of hydrogen-bond donors (Lipinski definition) is 0. The zero-order valence-corrected chi connectivity index (χ0v) is 19.0. The van der Waals surface area contributed by atoms with Gasteiger partial charge in [0.15, 0.2) is 0 Å². The first-order valence-electron chi connectivity index (χ1n) is 10.0. The van der Waals surface area contributed by atoms with Crippen LogP contribution in [0.2, 0.25) is 5.15 Å². The molecule has 0 unspecified atom stereocenters. The molecule has 0 atom stereocenters. The molecule has 7 heteroatoms. The summed E-state index contributed by atoms with van der Waals surface area (Å²) in [4.78, 5) is 31.8. The lowest BCUT2D eigenvalue weighted by Gasteiger charge is -2.59. The first-order chi connectivity index (χ1) is 13.2. The van der Waals surface area contributed by atoms with Crippen molar-refractivity contribution in [2.45, 2.75) is 60.5 Å². The molecule has 28 heavy (non-hydrogen) atoms. The van der Waals surface area contributed by atoms with Gasteiger partial charge in [0.2, 0.25) is 5.91 Å². The van der Waals surface area contributed by atoms with Crippen molar-refractivity contribution in [2.24, 2.45) is 5.41 Å². The van der Waals surface area contributed by atoms with Gasteiger partial charge in [0.1, 0.15) is 10.8 Å². The molecule has 3 heterocycles. The minimum atomic E-state index is -0.478. The van der Waals surface area contributed by atoms with E-state index in [1.165, 1.54) is 0 Å². The highest BCUT2D eigenvalue weighted by atomic mass is 35.5.